The number of nitrogens with one attached hydrogen (secondary N) is 2. The van der Waals surface area contributed by atoms with Crippen LogP contribution in [0.15, 0.2) is 12.4 Å². The Hall–Kier alpha value is -2.38. The van der Waals surface area contributed by atoms with E-state index < -0.39 is 0 Å². The number of carbonyl (C=O) groups is 1. The van der Waals surface area contributed by atoms with Crippen molar-refractivity contribution in [1.29, 1.82) is 0 Å². The van der Waals surface area contributed by atoms with Crippen molar-refractivity contribution in [3.05, 3.63) is 23.9 Å². The number of amides is 2. The molecule has 0 saturated carbocycles. The van der Waals surface area contributed by atoms with Gasteiger partial charge in [-0.2, -0.15) is 10.2 Å². The van der Waals surface area contributed by atoms with Crippen molar-refractivity contribution in [2.45, 2.75) is 45.2 Å². The van der Waals surface area contributed by atoms with E-state index in [1.54, 1.807) is 11.0 Å². The number of nitrogens with zero attached hydrogens (tertiary/aromatic N) is 5. The standard InChI is InChI=1S/C14H21N7O/c1-3-4-10-7-13(20(2)19-10)18-14(22)17-11-5-6-12-15-9-16-21(12)8-11/h7,9,11H,3-6,8H2,1-2H3,(H2,17,18,22)/t11-/m0/s1. The normalized spacial score (nSPS) is 17.1. The Morgan fingerprint density at radius 1 is 1.50 bits per heavy atom. The summed E-state index contributed by atoms with van der Waals surface area (Å²) in [6.45, 7) is 2.77. The second kappa shape index (κ2) is 6.17. The maximum Gasteiger partial charge on any atom is 0.320 e. The van der Waals surface area contributed by atoms with Gasteiger partial charge in [-0.1, -0.05) is 13.3 Å². The molecule has 3 rings (SSSR count). The fourth-order valence-corrected chi connectivity index (χ4v) is 2.72. The number of carbonyl (C=O) groups excluding carboxylic acids is 1. The van der Waals surface area contributed by atoms with E-state index in [0.29, 0.717) is 12.4 Å². The number of hydrogen-bond donors (Lipinski definition) is 2. The molecule has 2 aromatic heterocycles. The first-order chi connectivity index (χ1) is 10.7. The lowest BCUT2D eigenvalue weighted by Crippen LogP contribution is -2.43. The molecule has 0 unspecified atom stereocenters. The van der Waals surface area contributed by atoms with Gasteiger partial charge in [0.25, 0.3) is 0 Å². The summed E-state index contributed by atoms with van der Waals surface area (Å²) < 4.78 is 3.54. The minimum absolute atomic E-state index is 0.0672. The van der Waals surface area contributed by atoms with Crippen molar-refractivity contribution in [2.75, 3.05) is 5.32 Å². The number of fused-ring (bicyclic) bond motifs is 1. The van der Waals surface area contributed by atoms with E-state index >= 15 is 0 Å². The van der Waals surface area contributed by atoms with Gasteiger partial charge in [0.1, 0.15) is 18.0 Å². The predicted molar refractivity (Wildman–Crippen MR) is 81.5 cm³/mol. The van der Waals surface area contributed by atoms with E-state index in [2.05, 4.69) is 32.7 Å². The Labute approximate surface area is 128 Å². The van der Waals surface area contributed by atoms with Crippen LogP contribution in [0.4, 0.5) is 10.6 Å². The van der Waals surface area contributed by atoms with Crippen molar-refractivity contribution >= 4 is 11.8 Å². The molecule has 8 nitrogen and oxygen atoms in total. The SMILES string of the molecule is CCCc1cc(NC(=O)N[C@H]2CCc3ncnn3C2)n(C)n1. The van der Waals surface area contributed by atoms with Gasteiger partial charge in [0.15, 0.2) is 0 Å². The molecule has 2 aromatic rings. The van der Waals surface area contributed by atoms with Crippen LogP contribution < -0.4 is 10.6 Å². The molecule has 8 heteroatoms. The average Bonchev–Trinajstić information content (AvgIpc) is 3.06. The Morgan fingerprint density at radius 2 is 2.36 bits per heavy atom. The monoisotopic (exact) mass is 303 g/mol. The first-order valence-electron chi connectivity index (χ1n) is 7.63. The van der Waals surface area contributed by atoms with Crippen LogP contribution in [0.5, 0.6) is 0 Å². The van der Waals surface area contributed by atoms with Gasteiger partial charge < -0.3 is 5.32 Å². The molecule has 22 heavy (non-hydrogen) atoms. The van der Waals surface area contributed by atoms with E-state index in [-0.39, 0.29) is 12.1 Å². The van der Waals surface area contributed by atoms with Crippen LogP contribution in [0.25, 0.3) is 0 Å². The highest BCUT2D eigenvalue weighted by molar-refractivity contribution is 5.88. The van der Waals surface area contributed by atoms with Crippen LogP contribution in [-0.2, 0) is 26.4 Å². The van der Waals surface area contributed by atoms with E-state index in [1.165, 1.54) is 0 Å². The zero-order valence-electron chi connectivity index (χ0n) is 12.9. The Kier molecular flexibility index (Phi) is 4.08. The quantitative estimate of drug-likeness (QED) is 0.885. The first kappa shape index (κ1) is 14.6. The van der Waals surface area contributed by atoms with Crippen LogP contribution in [0.1, 0.15) is 31.3 Å². The molecule has 1 atom stereocenters. The summed E-state index contributed by atoms with van der Waals surface area (Å²) >= 11 is 0. The lowest BCUT2D eigenvalue weighted by molar-refractivity contribution is 0.243. The average molecular weight is 303 g/mol. The van der Waals surface area contributed by atoms with Crippen molar-refractivity contribution in [3.63, 3.8) is 0 Å². The van der Waals surface area contributed by atoms with Gasteiger partial charge in [-0.3, -0.25) is 10.00 Å². The van der Waals surface area contributed by atoms with Crippen molar-refractivity contribution < 1.29 is 4.79 Å². The third-order valence-electron chi connectivity index (χ3n) is 3.82. The van der Waals surface area contributed by atoms with Crippen LogP contribution >= 0.6 is 0 Å². The van der Waals surface area contributed by atoms with Crippen molar-refractivity contribution in [3.8, 4) is 0 Å². The van der Waals surface area contributed by atoms with E-state index in [4.69, 9.17) is 0 Å². The summed E-state index contributed by atoms with van der Waals surface area (Å²) in [6.07, 6.45) is 5.21. The minimum Gasteiger partial charge on any atom is -0.333 e. The molecule has 0 fully saturated rings. The molecule has 1 aliphatic rings. The van der Waals surface area contributed by atoms with Gasteiger partial charge in [0.05, 0.1) is 18.3 Å². The molecule has 1 aliphatic heterocycles. The lowest BCUT2D eigenvalue weighted by Gasteiger charge is -2.23. The minimum atomic E-state index is -0.209. The molecule has 3 heterocycles. The molecule has 2 amide bonds. The van der Waals surface area contributed by atoms with Gasteiger partial charge in [0, 0.05) is 19.5 Å². The third kappa shape index (κ3) is 3.10. The smallest absolute Gasteiger partial charge is 0.320 e. The second-order valence-electron chi connectivity index (χ2n) is 5.59. The molecular formula is C14H21N7O. The summed E-state index contributed by atoms with van der Waals surface area (Å²) in [4.78, 5) is 16.3. The van der Waals surface area contributed by atoms with Gasteiger partial charge in [-0.05, 0) is 12.8 Å². The fraction of sp³-hybridized carbons (Fsp3) is 0.571. The largest absolute Gasteiger partial charge is 0.333 e. The summed E-state index contributed by atoms with van der Waals surface area (Å²) in [5, 5.41) is 14.4. The fourth-order valence-electron chi connectivity index (χ4n) is 2.72. The highest BCUT2D eigenvalue weighted by Gasteiger charge is 2.21. The molecule has 0 saturated heterocycles. The van der Waals surface area contributed by atoms with Gasteiger partial charge in [-0.15, -0.1) is 0 Å². The molecular weight excluding hydrogens is 282 g/mol. The van der Waals surface area contributed by atoms with Crippen LogP contribution in [-0.4, -0.2) is 36.6 Å². The number of anilines is 1. The summed E-state index contributed by atoms with van der Waals surface area (Å²) in [5.41, 5.74) is 0.991. The number of aromatic nitrogens is 5. The lowest BCUT2D eigenvalue weighted by atomic mass is 10.1. The molecule has 0 spiro atoms. The molecule has 2 N–H and O–H groups in total. The number of aryl methyl sites for hydroxylation is 3. The van der Waals surface area contributed by atoms with Gasteiger partial charge >= 0.3 is 6.03 Å². The van der Waals surface area contributed by atoms with E-state index in [9.17, 15) is 4.79 Å². The first-order valence-corrected chi connectivity index (χ1v) is 7.63. The molecule has 0 bridgehead atoms. The van der Waals surface area contributed by atoms with Gasteiger partial charge in [0.2, 0.25) is 0 Å². The summed E-state index contributed by atoms with van der Waals surface area (Å²) in [7, 11) is 1.83. The predicted octanol–water partition coefficient (Wildman–Crippen LogP) is 1.10. The summed E-state index contributed by atoms with van der Waals surface area (Å²) in [5.74, 6) is 1.69. The van der Waals surface area contributed by atoms with E-state index in [1.807, 2.05) is 17.8 Å². The van der Waals surface area contributed by atoms with Crippen molar-refractivity contribution in [1.82, 2.24) is 29.9 Å². The second-order valence-corrected chi connectivity index (χ2v) is 5.59. The van der Waals surface area contributed by atoms with E-state index in [0.717, 1.165) is 37.2 Å². The zero-order chi connectivity index (χ0) is 15.5. The summed E-state index contributed by atoms with van der Waals surface area (Å²) in [6, 6.07) is 1.77. The molecule has 0 aromatic carbocycles. The maximum absolute atomic E-state index is 12.1. The number of rotatable bonds is 4. The van der Waals surface area contributed by atoms with Crippen LogP contribution in [0.2, 0.25) is 0 Å². The Balaban J connectivity index is 1.57. The number of hydrogen-bond acceptors (Lipinski definition) is 4. The topological polar surface area (TPSA) is 89.7 Å². The molecule has 118 valence electrons. The van der Waals surface area contributed by atoms with Crippen LogP contribution in [0.3, 0.4) is 0 Å². The molecule has 0 aliphatic carbocycles. The van der Waals surface area contributed by atoms with Crippen molar-refractivity contribution in [2.24, 2.45) is 7.05 Å². The van der Waals surface area contributed by atoms with Gasteiger partial charge in [-0.25, -0.2) is 14.5 Å². The van der Waals surface area contributed by atoms with Crippen LogP contribution in [0, 0.1) is 0 Å². The third-order valence-corrected chi connectivity index (χ3v) is 3.82. The zero-order valence-corrected chi connectivity index (χ0v) is 12.9. The molecule has 0 radical (unpaired) electrons. The Bertz CT molecular complexity index is 660. The number of urea groups is 1. The maximum atomic E-state index is 12.1. The highest BCUT2D eigenvalue weighted by atomic mass is 16.2. The highest BCUT2D eigenvalue weighted by Crippen LogP contribution is 2.13. The Morgan fingerprint density at radius 3 is 3.18 bits per heavy atom.